The SMILES string of the molecule is CC12CCCCC1CCC(=Cc1ccc(Cl)cc1)C2=O. The molecule has 1 nitrogen and oxygen atoms in total. The number of Topliss-reactive ketones (excluding diaryl/α,β-unsaturated/α-hetero) is 1. The Balaban J connectivity index is 1.88. The van der Waals surface area contributed by atoms with E-state index in [9.17, 15) is 4.79 Å². The van der Waals surface area contributed by atoms with Gasteiger partial charge in [0.05, 0.1) is 0 Å². The van der Waals surface area contributed by atoms with Crippen LogP contribution in [-0.2, 0) is 4.79 Å². The summed E-state index contributed by atoms with van der Waals surface area (Å²) in [6.07, 6.45) is 8.96. The maximum absolute atomic E-state index is 12.9. The van der Waals surface area contributed by atoms with Crippen LogP contribution in [0.2, 0.25) is 5.02 Å². The number of carbonyl (C=O) groups excluding carboxylic acids is 1. The van der Waals surface area contributed by atoms with Crippen molar-refractivity contribution in [2.75, 3.05) is 0 Å². The third-order valence-corrected chi connectivity index (χ3v) is 5.44. The number of ketones is 1. The molecule has 0 bridgehead atoms. The molecule has 106 valence electrons. The Hall–Kier alpha value is -1.08. The molecule has 0 amide bonds. The average Bonchev–Trinajstić information content (AvgIpc) is 2.45. The van der Waals surface area contributed by atoms with Crippen LogP contribution in [0.25, 0.3) is 6.08 Å². The van der Waals surface area contributed by atoms with Crippen molar-refractivity contribution in [1.29, 1.82) is 0 Å². The van der Waals surface area contributed by atoms with Gasteiger partial charge in [0.25, 0.3) is 0 Å². The van der Waals surface area contributed by atoms with E-state index in [-0.39, 0.29) is 5.41 Å². The summed E-state index contributed by atoms with van der Waals surface area (Å²) >= 11 is 5.91. The van der Waals surface area contributed by atoms with Gasteiger partial charge in [0.15, 0.2) is 5.78 Å². The Kier molecular flexibility index (Phi) is 3.72. The van der Waals surface area contributed by atoms with Crippen molar-refractivity contribution >= 4 is 23.5 Å². The second kappa shape index (κ2) is 5.37. The van der Waals surface area contributed by atoms with Gasteiger partial charge in [-0.05, 0) is 60.9 Å². The van der Waals surface area contributed by atoms with Gasteiger partial charge in [0, 0.05) is 10.4 Å². The number of hydrogen-bond acceptors (Lipinski definition) is 1. The zero-order valence-electron chi connectivity index (χ0n) is 12.0. The maximum atomic E-state index is 12.9. The molecule has 0 saturated heterocycles. The van der Waals surface area contributed by atoms with E-state index in [2.05, 4.69) is 13.0 Å². The quantitative estimate of drug-likeness (QED) is 0.642. The monoisotopic (exact) mass is 288 g/mol. The van der Waals surface area contributed by atoms with Gasteiger partial charge in [-0.25, -0.2) is 0 Å². The molecule has 1 aromatic rings. The van der Waals surface area contributed by atoms with Gasteiger partial charge in [0.1, 0.15) is 0 Å². The van der Waals surface area contributed by atoms with E-state index in [0.29, 0.717) is 11.7 Å². The number of benzene rings is 1. The van der Waals surface area contributed by atoms with Crippen LogP contribution in [0, 0.1) is 11.3 Å². The first-order chi connectivity index (χ1) is 9.59. The first-order valence-corrected chi connectivity index (χ1v) is 7.98. The molecule has 0 N–H and O–H groups in total. The van der Waals surface area contributed by atoms with Gasteiger partial charge in [-0.1, -0.05) is 43.5 Å². The summed E-state index contributed by atoms with van der Waals surface area (Å²) in [5.74, 6) is 0.995. The van der Waals surface area contributed by atoms with Crippen LogP contribution < -0.4 is 0 Å². The second-order valence-electron chi connectivity index (χ2n) is 6.45. The first kappa shape index (κ1) is 13.9. The van der Waals surface area contributed by atoms with E-state index in [1.165, 1.54) is 25.7 Å². The number of hydrogen-bond donors (Lipinski definition) is 0. The van der Waals surface area contributed by atoms with Crippen molar-refractivity contribution in [3.05, 3.63) is 40.4 Å². The summed E-state index contributed by atoms with van der Waals surface area (Å²) < 4.78 is 0. The van der Waals surface area contributed by atoms with Crippen molar-refractivity contribution < 1.29 is 4.79 Å². The summed E-state index contributed by atoms with van der Waals surface area (Å²) in [5, 5.41) is 0.737. The van der Waals surface area contributed by atoms with Crippen molar-refractivity contribution in [3.8, 4) is 0 Å². The lowest BCUT2D eigenvalue weighted by Gasteiger charge is -2.44. The Bertz CT molecular complexity index is 543. The molecule has 2 atom stereocenters. The number of allylic oxidation sites excluding steroid dienone is 1. The van der Waals surface area contributed by atoms with E-state index in [4.69, 9.17) is 11.6 Å². The predicted molar refractivity (Wildman–Crippen MR) is 83.7 cm³/mol. The highest BCUT2D eigenvalue weighted by molar-refractivity contribution is 6.30. The molecule has 20 heavy (non-hydrogen) atoms. The molecule has 0 radical (unpaired) electrons. The van der Waals surface area contributed by atoms with Crippen LogP contribution in [0.4, 0.5) is 0 Å². The number of carbonyl (C=O) groups is 1. The molecule has 2 aliphatic carbocycles. The highest BCUT2D eigenvalue weighted by Crippen LogP contribution is 2.49. The van der Waals surface area contributed by atoms with Gasteiger partial charge in [0.2, 0.25) is 0 Å². The number of rotatable bonds is 1. The maximum Gasteiger partial charge on any atom is 0.165 e. The fourth-order valence-electron chi connectivity index (χ4n) is 3.88. The van der Waals surface area contributed by atoms with Crippen molar-refractivity contribution in [1.82, 2.24) is 0 Å². The van der Waals surface area contributed by atoms with Crippen molar-refractivity contribution in [2.45, 2.75) is 45.4 Å². The largest absolute Gasteiger partial charge is 0.294 e. The minimum absolute atomic E-state index is 0.102. The Morgan fingerprint density at radius 2 is 1.95 bits per heavy atom. The predicted octanol–water partition coefficient (Wildman–Crippen LogP) is 5.28. The highest BCUT2D eigenvalue weighted by Gasteiger charge is 2.46. The van der Waals surface area contributed by atoms with Gasteiger partial charge < -0.3 is 0 Å². The molecule has 2 fully saturated rings. The molecule has 2 saturated carbocycles. The van der Waals surface area contributed by atoms with Gasteiger partial charge in [-0.2, -0.15) is 0 Å². The Morgan fingerprint density at radius 1 is 1.20 bits per heavy atom. The van der Waals surface area contributed by atoms with Gasteiger partial charge in [-0.15, -0.1) is 0 Å². The zero-order valence-corrected chi connectivity index (χ0v) is 12.7. The summed E-state index contributed by atoms with van der Waals surface area (Å²) in [6, 6.07) is 7.73. The first-order valence-electron chi connectivity index (χ1n) is 7.60. The van der Waals surface area contributed by atoms with Gasteiger partial charge >= 0.3 is 0 Å². The lowest BCUT2D eigenvalue weighted by atomic mass is 9.58. The molecular weight excluding hydrogens is 268 g/mol. The smallest absolute Gasteiger partial charge is 0.165 e. The number of halogens is 1. The Morgan fingerprint density at radius 3 is 2.70 bits per heavy atom. The molecule has 0 heterocycles. The molecular formula is C18H21ClO. The van der Waals surface area contributed by atoms with Crippen LogP contribution in [0.15, 0.2) is 29.8 Å². The van der Waals surface area contributed by atoms with Crippen molar-refractivity contribution in [3.63, 3.8) is 0 Å². The molecule has 0 aromatic heterocycles. The summed E-state index contributed by atoms with van der Waals surface area (Å²) in [7, 11) is 0. The Labute approximate surface area is 126 Å². The lowest BCUT2D eigenvalue weighted by Crippen LogP contribution is -2.42. The summed E-state index contributed by atoms with van der Waals surface area (Å²) in [4.78, 5) is 12.9. The summed E-state index contributed by atoms with van der Waals surface area (Å²) in [5.41, 5.74) is 1.98. The minimum Gasteiger partial charge on any atom is -0.294 e. The van der Waals surface area contributed by atoms with Gasteiger partial charge in [-0.3, -0.25) is 4.79 Å². The second-order valence-corrected chi connectivity index (χ2v) is 6.89. The number of fused-ring (bicyclic) bond motifs is 1. The molecule has 0 spiro atoms. The topological polar surface area (TPSA) is 17.1 Å². The van der Waals surface area contributed by atoms with E-state index in [1.54, 1.807) is 0 Å². The van der Waals surface area contributed by atoms with Crippen LogP contribution in [-0.4, -0.2) is 5.78 Å². The molecule has 2 unspecified atom stereocenters. The third-order valence-electron chi connectivity index (χ3n) is 5.18. The fourth-order valence-corrected chi connectivity index (χ4v) is 4.00. The highest BCUT2D eigenvalue weighted by atomic mass is 35.5. The van der Waals surface area contributed by atoms with Crippen molar-refractivity contribution in [2.24, 2.45) is 11.3 Å². The molecule has 3 rings (SSSR count). The average molecular weight is 289 g/mol. The zero-order chi connectivity index (χ0) is 14.2. The lowest BCUT2D eigenvalue weighted by molar-refractivity contribution is -0.131. The molecule has 2 aliphatic rings. The molecule has 2 heteroatoms. The minimum atomic E-state index is -0.102. The van der Waals surface area contributed by atoms with E-state index < -0.39 is 0 Å². The van der Waals surface area contributed by atoms with Crippen LogP contribution in [0.3, 0.4) is 0 Å². The fraction of sp³-hybridized carbons (Fsp3) is 0.500. The standard InChI is InChI=1S/C18H21ClO/c1-18-11-3-2-4-15(18)8-7-14(17(18)20)12-13-5-9-16(19)10-6-13/h5-6,9-10,12,15H,2-4,7-8,11H2,1H3. The summed E-state index contributed by atoms with van der Waals surface area (Å²) in [6.45, 7) is 2.19. The van der Waals surface area contributed by atoms with E-state index in [0.717, 1.165) is 29.0 Å². The van der Waals surface area contributed by atoms with E-state index >= 15 is 0 Å². The molecule has 1 aromatic carbocycles. The van der Waals surface area contributed by atoms with Crippen LogP contribution in [0.5, 0.6) is 0 Å². The van der Waals surface area contributed by atoms with Crippen LogP contribution in [0.1, 0.15) is 51.0 Å². The normalized spacial score (nSPS) is 32.2. The third kappa shape index (κ3) is 2.44. The molecule has 0 aliphatic heterocycles. The van der Waals surface area contributed by atoms with E-state index in [1.807, 2.05) is 24.3 Å². The van der Waals surface area contributed by atoms with Crippen LogP contribution >= 0.6 is 11.6 Å².